The summed E-state index contributed by atoms with van der Waals surface area (Å²) in [6, 6.07) is 0. The van der Waals surface area contributed by atoms with Crippen molar-refractivity contribution in [1.29, 1.82) is 0 Å². The van der Waals surface area contributed by atoms with E-state index in [9.17, 15) is 9.59 Å². The predicted octanol–water partition coefficient (Wildman–Crippen LogP) is 4.39. The van der Waals surface area contributed by atoms with Crippen molar-refractivity contribution in [3.8, 4) is 0 Å². The standard InChI is InChI=1S/C10H18O2.C6H10.C4H8O2/c1-8(11)9(2)12-10-6-4-3-5-7-10;1-2-4-6-5-3-1;1-3(5)4(2)6/h9-10H,3-7H2,1-2H3;1-2H,3-6H2;3,5H,1-2H3. The van der Waals surface area contributed by atoms with E-state index in [1.165, 1.54) is 58.8 Å². The minimum Gasteiger partial charge on any atom is -0.386 e. The summed E-state index contributed by atoms with van der Waals surface area (Å²) in [5.41, 5.74) is 0. The van der Waals surface area contributed by atoms with Crippen LogP contribution in [0.2, 0.25) is 0 Å². The van der Waals surface area contributed by atoms with Crippen molar-refractivity contribution in [2.24, 2.45) is 0 Å². The van der Waals surface area contributed by atoms with Gasteiger partial charge in [-0.3, -0.25) is 9.59 Å². The Bertz CT molecular complexity index is 360. The van der Waals surface area contributed by atoms with E-state index in [4.69, 9.17) is 9.84 Å². The highest BCUT2D eigenvalue weighted by Gasteiger charge is 2.18. The second kappa shape index (κ2) is 14.4. The molecular formula is C20H36O4. The molecule has 1 saturated carbocycles. The third-order valence-electron chi connectivity index (χ3n) is 4.27. The van der Waals surface area contributed by atoms with Crippen LogP contribution in [0, 0.1) is 0 Å². The summed E-state index contributed by atoms with van der Waals surface area (Å²) in [5.74, 6) is -0.0458. The summed E-state index contributed by atoms with van der Waals surface area (Å²) in [7, 11) is 0. The fourth-order valence-corrected chi connectivity index (χ4v) is 2.35. The van der Waals surface area contributed by atoms with Gasteiger partial charge in [0.15, 0.2) is 11.6 Å². The Hall–Kier alpha value is -1.00. The Kier molecular flexibility index (Phi) is 13.8. The number of aliphatic hydroxyl groups excluding tert-OH is 1. The highest BCUT2D eigenvalue weighted by molar-refractivity contribution is 5.80. The molecule has 4 nitrogen and oxygen atoms in total. The summed E-state index contributed by atoms with van der Waals surface area (Å²) in [6.07, 6.45) is 15.5. The maximum Gasteiger partial charge on any atom is 0.158 e. The van der Waals surface area contributed by atoms with Crippen molar-refractivity contribution < 1.29 is 19.4 Å². The van der Waals surface area contributed by atoms with Crippen LogP contribution in [-0.4, -0.2) is 35.0 Å². The van der Waals surface area contributed by atoms with Crippen molar-refractivity contribution in [2.45, 2.75) is 104 Å². The molecular weight excluding hydrogens is 304 g/mol. The van der Waals surface area contributed by atoms with E-state index in [0.717, 1.165) is 12.8 Å². The highest BCUT2D eigenvalue weighted by Crippen LogP contribution is 2.21. The van der Waals surface area contributed by atoms with Gasteiger partial charge < -0.3 is 9.84 Å². The molecule has 0 spiro atoms. The van der Waals surface area contributed by atoms with Crippen LogP contribution in [0.3, 0.4) is 0 Å². The van der Waals surface area contributed by atoms with E-state index < -0.39 is 6.10 Å². The fraction of sp³-hybridized carbons (Fsp3) is 0.800. The number of carbonyl (C=O) groups excluding carboxylic acids is 2. The van der Waals surface area contributed by atoms with E-state index in [1.54, 1.807) is 6.92 Å². The lowest BCUT2D eigenvalue weighted by Gasteiger charge is -2.24. The third-order valence-corrected chi connectivity index (χ3v) is 4.27. The number of aliphatic hydroxyl groups is 1. The van der Waals surface area contributed by atoms with Crippen molar-refractivity contribution in [3.05, 3.63) is 12.2 Å². The average Bonchev–Trinajstić information content (AvgIpc) is 2.58. The van der Waals surface area contributed by atoms with Gasteiger partial charge >= 0.3 is 0 Å². The molecule has 24 heavy (non-hydrogen) atoms. The molecule has 1 N–H and O–H groups in total. The van der Waals surface area contributed by atoms with Gasteiger partial charge in [0, 0.05) is 0 Å². The van der Waals surface area contributed by atoms with Crippen LogP contribution < -0.4 is 0 Å². The van der Waals surface area contributed by atoms with Crippen molar-refractivity contribution in [2.75, 3.05) is 0 Å². The molecule has 0 radical (unpaired) electrons. The monoisotopic (exact) mass is 340 g/mol. The van der Waals surface area contributed by atoms with Crippen LogP contribution in [0.4, 0.5) is 0 Å². The van der Waals surface area contributed by atoms with Gasteiger partial charge in [0.25, 0.3) is 0 Å². The molecule has 2 aliphatic rings. The van der Waals surface area contributed by atoms with Gasteiger partial charge in [-0.15, -0.1) is 0 Å². The normalized spacial score (nSPS) is 19.9. The summed E-state index contributed by atoms with van der Waals surface area (Å²) in [4.78, 5) is 20.8. The van der Waals surface area contributed by atoms with Gasteiger partial charge in [-0.05, 0) is 66.2 Å². The van der Waals surface area contributed by atoms with Crippen LogP contribution in [0.5, 0.6) is 0 Å². The number of ether oxygens (including phenoxy) is 1. The van der Waals surface area contributed by atoms with Crippen LogP contribution in [0.1, 0.15) is 85.5 Å². The van der Waals surface area contributed by atoms with E-state index in [-0.39, 0.29) is 17.7 Å². The number of rotatable bonds is 4. The number of carbonyl (C=O) groups is 2. The topological polar surface area (TPSA) is 63.6 Å². The molecule has 2 unspecified atom stereocenters. The Morgan fingerprint density at radius 3 is 1.67 bits per heavy atom. The van der Waals surface area contributed by atoms with E-state index in [1.807, 2.05) is 6.92 Å². The van der Waals surface area contributed by atoms with Gasteiger partial charge in [0.05, 0.1) is 6.10 Å². The molecule has 0 aromatic carbocycles. The van der Waals surface area contributed by atoms with Crippen LogP contribution in [0.15, 0.2) is 12.2 Å². The zero-order valence-electron chi connectivity index (χ0n) is 15.9. The van der Waals surface area contributed by atoms with Gasteiger partial charge in [-0.25, -0.2) is 0 Å². The molecule has 2 atom stereocenters. The zero-order chi connectivity index (χ0) is 18.4. The lowest BCUT2D eigenvalue weighted by molar-refractivity contribution is -0.132. The summed E-state index contributed by atoms with van der Waals surface area (Å²) in [5, 5.41) is 8.28. The highest BCUT2D eigenvalue weighted by atomic mass is 16.5. The third kappa shape index (κ3) is 13.4. The predicted molar refractivity (Wildman–Crippen MR) is 98.1 cm³/mol. The Balaban J connectivity index is 0.000000371. The van der Waals surface area contributed by atoms with Crippen LogP contribution >= 0.6 is 0 Å². The fourth-order valence-electron chi connectivity index (χ4n) is 2.35. The van der Waals surface area contributed by atoms with Gasteiger partial charge in [-0.1, -0.05) is 31.4 Å². The molecule has 2 rings (SSSR count). The van der Waals surface area contributed by atoms with E-state index in [0.29, 0.717) is 6.10 Å². The average molecular weight is 341 g/mol. The molecule has 0 saturated heterocycles. The first kappa shape index (κ1) is 23.0. The smallest absolute Gasteiger partial charge is 0.158 e. The van der Waals surface area contributed by atoms with Crippen LogP contribution in [0.25, 0.3) is 0 Å². The SMILES string of the molecule is C1=CCCCC1.CC(=O)C(C)O.CC(=O)C(C)OC1CCCCC1. The minimum atomic E-state index is -0.787. The van der Waals surface area contributed by atoms with E-state index in [2.05, 4.69) is 12.2 Å². The van der Waals surface area contributed by atoms with Gasteiger partial charge in [-0.2, -0.15) is 0 Å². The summed E-state index contributed by atoms with van der Waals surface area (Å²) >= 11 is 0. The molecule has 0 aliphatic heterocycles. The minimum absolute atomic E-state index is 0.139. The van der Waals surface area contributed by atoms with Crippen molar-refractivity contribution >= 4 is 11.6 Å². The lowest BCUT2D eigenvalue weighted by Crippen LogP contribution is -2.26. The Labute approximate surface area is 147 Å². The maximum absolute atomic E-state index is 10.9. The second-order valence-corrected chi connectivity index (χ2v) is 6.69. The number of hydrogen-bond donors (Lipinski definition) is 1. The molecule has 0 bridgehead atoms. The molecule has 4 heteroatoms. The number of hydrogen-bond acceptors (Lipinski definition) is 4. The maximum atomic E-state index is 10.9. The lowest BCUT2D eigenvalue weighted by atomic mass is 9.97. The van der Waals surface area contributed by atoms with Gasteiger partial charge in [0.2, 0.25) is 0 Å². The van der Waals surface area contributed by atoms with Gasteiger partial charge in [0.1, 0.15) is 12.2 Å². The first-order chi connectivity index (χ1) is 11.3. The number of allylic oxidation sites excluding steroid dienone is 2. The first-order valence-corrected chi connectivity index (χ1v) is 9.34. The molecule has 1 fully saturated rings. The quantitative estimate of drug-likeness (QED) is 0.771. The second-order valence-electron chi connectivity index (χ2n) is 6.69. The van der Waals surface area contributed by atoms with Crippen molar-refractivity contribution in [3.63, 3.8) is 0 Å². The van der Waals surface area contributed by atoms with E-state index >= 15 is 0 Å². The molecule has 0 aromatic heterocycles. The van der Waals surface area contributed by atoms with Crippen LogP contribution in [-0.2, 0) is 14.3 Å². The molecule has 140 valence electrons. The molecule has 0 aromatic rings. The molecule has 2 aliphatic carbocycles. The summed E-state index contributed by atoms with van der Waals surface area (Å²) in [6.45, 7) is 6.23. The summed E-state index contributed by atoms with van der Waals surface area (Å²) < 4.78 is 5.60. The first-order valence-electron chi connectivity index (χ1n) is 9.34. The number of Topliss-reactive ketones (excluding diaryl/α,β-unsaturated/α-hetero) is 2. The Morgan fingerprint density at radius 2 is 1.38 bits per heavy atom. The molecule has 0 amide bonds. The largest absolute Gasteiger partial charge is 0.386 e. The number of ketones is 2. The zero-order valence-corrected chi connectivity index (χ0v) is 15.9. The molecule has 0 heterocycles. The Morgan fingerprint density at radius 1 is 0.917 bits per heavy atom. The van der Waals surface area contributed by atoms with Crippen molar-refractivity contribution in [1.82, 2.24) is 0 Å².